The van der Waals surface area contributed by atoms with Crippen molar-refractivity contribution in [2.45, 2.75) is 13.5 Å². The molecule has 0 atom stereocenters. The van der Waals surface area contributed by atoms with E-state index in [1.807, 2.05) is 35.9 Å². The molecule has 0 saturated heterocycles. The molecule has 0 fully saturated rings. The predicted molar refractivity (Wildman–Crippen MR) is 74.6 cm³/mol. The molecule has 0 aliphatic carbocycles. The number of hydrogen-bond donors (Lipinski definition) is 1. The monoisotopic (exact) mass is 313 g/mol. The molecule has 0 amide bonds. The highest BCUT2D eigenvalue weighted by molar-refractivity contribution is 9.10. The second-order valence-electron chi connectivity index (χ2n) is 3.74. The minimum absolute atomic E-state index is 0.715. The Morgan fingerprint density at radius 1 is 1.47 bits per heavy atom. The van der Waals surface area contributed by atoms with E-state index in [1.165, 1.54) is 0 Å². The van der Waals surface area contributed by atoms with Crippen LogP contribution in [0, 0.1) is 6.92 Å². The van der Waals surface area contributed by atoms with Gasteiger partial charge in [0.15, 0.2) is 0 Å². The van der Waals surface area contributed by atoms with Crippen LogP contribution in [0.1, 0.15) is 5.69 Å². The Bertz CT molecular complexity index is 510. The summed E-state index contributed by atoms with van der Waals surface area (Å²) in [6, 6.07) is 8.08. The molecule has 1 N–H and O–H groups in total. The van der Waals surface area contributed by atoms with E-state index in [9.17, 15) is 0 Å². The quantitative estimate of drug-likeness (QED) is 0.932. The van der Waals surface area contributed by atoms with Gasteiger partial charge in [-0.1, -0.05) is 33.6 Å². The first-order valence-electron chi connectivity index (χ1n) is 5.34. The Morgan fingerprint density at radius 3 is 2.94 bits per heavy atom. The van der Waals surface area contributed by atoms with Gasteiger partial charge < -0.3 is 5.32 Å². The average Bonchev–Trinajstić information content (AvgIpc) is 2.61. The summed E-state index contributed by atoms with van der Waals surface area (Å²) in [6.45, 7) is 3.58. The third-order valence-corrected chi connectivity index (χ3v) is 3.38. The fraction of sp³-hybridized carbons (Fsp3) is 0.250. The third kappa shape index (κ3) is 3.23. The third-order valence-electron chi connectivity index (χ3n) is 2.52. The van der Waals surface area contributed by atoms with E-state index < -0.39 is 0 Å². The van der Waals surface area contributed by atoms with Crippen molar-refractivity contribution in [3.8, 4) is 0 Å². The van der Waals surface area contributed by atoms with Crippen LogP contribution < -0.4 is 5.32 Å². The number of nitrogens with one attached hydrogen (secondary N) is 1. The van der Waals surface area contributed by atoms with Crippen LogP contribution in [0.3, 0.4) is 0 Å². The first kappa shape index (κ1) is 12.5. The molecule has 0 aliphatic heterocycles. The Kier molecular flexibility index (Phi) is 4.07. The molecule has 3 nitrogen and oxygen atoms in total. The van der Waals surface area contributed by atoms with Crippen molar-refractivity contribution in [2.24, 2.45) is 0 Å². The normalized spacial score (nSPS) is 10.5. The molecule has 5 heteroatoms. The standard InChI is InChI=1S/C12H13BrClN3/c1-9-12(14)8-16-17(9)6-5-15-11-4-2-3-10(13)7-11/h2-4,7-8,15H,5-6H2,1H3. The topological polar surface area (TPSA) is 29.9 Å². The van der Waals surface area contributed by atoms with E-state index in [0.29, 0.717) is 5.02 Å². The van der Waals surface area contributed by atoms with Crippen molar-refractivity contribution in [3.05, 3.63) is 45.7 Å². The number of nitrogens with zero attached hydrogens (tertiary/aromatic N) is 2. The van der Waals surface area contributed by atoms with Gasteiger partial charge in [0.2, 0.25) is 0 Å². The predicted octanol–water partition coefficient (Wildman–Crippen LogP) is 3.72. The Hall–Kier alpha value is -1.000. The fourth-order valence-electron chi connectivity index (χ4n) is 1.55. The molecule has 2 aromatic rings. The maximum atomic E-state index is 5.94. The minimum atomic E-state index is 0.715. The van der Waals surface area contributed by atoms with E-state index in [0.717, 1.165) is 28.9 Å². The van der Waals surface area contributed by atoms with Gasteiger partial charge in [0.1, 0.15) is 0 Å². The minimum Gasteiger partial charge on any atom is -0.383 e. The van der Waals surface area contributed by atoms with E-state index in [4.69, 9.17) is 11.6 Å². The second-order valence-corrected chi connectivity index (χ2v) is 5.06. The first-order chi connectivity index (χ1) is 8.16. The molecule has 0 bridgehead atoms. The SMILES string of the molecule is Cc1c(Cl)cnn1CCNc1cccc(Br)c1. The highest BCUT2D eigenvalue weighted by Crippen LogP contribution is 2.16. The summed E-state index contributed by atoms with van der Waals surface area (Å²) in [5, 5.41) is 8.25. The van der Waals surface area contributed by atoms with Gasteiger partial charge in [0.25, 0.3) is 0 Å². The Balaban J connectivity index is 1.90. The molecular formula is C12H13BrClN3. The van der Waals surface area contributed by atoms with Gasteiger partial charge in [-0.25, -0.2) is 0 Å². The van der Waals surface area contributed by atoms with Crippen LogP contribution in [-0.2, 0) is 6.54 Å². The zero-order valence-corrected chi connectivity index (χ0v) is 11.8. The van der Waals surface area contributed by atoms with Crippen LogP contribution in [0.5, 0.6) is 0 Å². The number of benzene rings is 1. The number of aromatic nitrogens is 2. The van der Waals surface area contributed by atoms with Crippen molar-refractivity contribution in [1.82, 2.24) is 9.78 Å². The van der Waals surface area contributed by atoms with Crippen molar-refractivity contribution < 1.29 is 0 Å². The molecule has 1 heterocycles. The second kappa shape index (κ2) is 5.56. The van der Waals surface area contributed by atoms with Gasteiger partial charge in [-0.3, -0.25) is 4.68 Å². The summed E-state index contributed by atoms with van der Waals surface area (Å²) in [5.41, 5.74) is 2.10. The lowest BCUT2D eigenvalue weighted by molar-refractivity contribution is 0.620. The van der Waals surface area contributed by atoms with Crippen LogP contribution in [0.2, 0.25) is 5.02 Å². The van der Waals surface area contributed by atoms with Gasteiger partial charge in [-0.15, -0.1) is 0 Å². The summed E-state index contributed by atoms with van der Waals surface area (Å²) >= 11 is 9.38. The molecule has 1 aromatic heterocycles. The van der Waals surface area contributed by atoms with E-state index in [2.05, 4.69) is 26.3 Å². The summed E-state index contributed by atoms with van der Waals surface area (Å²) in [4.78, 5) is 0. The van der Waals surface area contributed by atoms with Crippen LogP contribution in [0.25, 0.3) is 0 Å². The van der Waals surface area contributed by atoms with Gasteiger partial charge in [-0.2, -0.15) is 5.10 Å². The molecule has 0 unspecified atom stereocenters. The Labute approximate surface area is 114 Å². The zero-order chi connectivity index (χ0) is 12.3. The number of rotatable bonds is 4. The maximum absolute atomic E-state index is 5.94. The molecule has 0 spiro atoms. The van der Waals surface area contributed by atoms with E-state index in [1.54, 1.807) is 6.20 Å². The van der Waals surface area contributed by atoms with Crippen molar-refractivity contribution in [3.63, 3.8) is 0 Å². The molecular weight excluding hydrogens is 302 g/mol. The highest BCUT2D eigenvalue weighted by Gasteiger charge is 2.02. The number of halogens is 2. The number of anilines is 1. The molecule has 0 radical (unpaired) electrons. The van der Waals surface area contributed by atoms with Crippen LogP contribution >= 0.6 is 27.5 Å². The molecule has 0 aliphatic rings. The average molecular weight is 315 g/mol. The highest BCUT2D eigenvalue weighted by atomic mass is 79.9. The molecule has 90 valence electrons. The van der Waals surface area contributed by atoms with Gasteiger partial charge in [-0.05, 0) is 25.1 Å². The van der Waals surface area contributed by atoms with E-state index >= 15 is 0 Å². The van der Waals surface area contributed by atoms with Gasteiger partial charge in [0.05, 0.1) is 23.5 Å². The zero-order valence-electron chi connectivity index (χ0n) is 9.45. The summed E-state index contributed by atoms with van der Waals surface area (Å²) in [7, 11) is 0. The summed E-state index contributed by atoms with van der Waals surface area (Å²) in [5.74, 6) is 0. The fourth-order valence-corrected chi connectivity index (χ4v) is 2.09. The van der Waals surface area contributed by atoms with E-state index in [-0.39, 0.29) is 0 Å². The smallest absolute Gasteiger partial charge is 0.0814 e. The first-order valence-corrected chi connectivity index (χ1v) is 6.51. The van der Waals surface area contributed by atoms with Crippen molar-refractivity contribution in [1.29, 1.82) is 0 Å². The lowest BCUT2D eigenvalue weighted by Crippen LogP contribution is -2.12. The largest absolute Gasteiger partial charge is 0.383 e. The Morgan fingerprint density at radius 2 is 2.29 bits per heavy atom. The molecule has 2 rings (SSSR count). The summed E-state index contributed by atoms with van der Waals surface area (Å²) in [6.07, 6.45) is 1.68. The van der Waals surface area contributed by atoms with Crippen LogP contribution in [0.4, 0.5) is 5.69 Å². The van der Waals surface area contributed by atoms with Crippen molar-refractivity contribution in [2.75, 3.05) is 11.9 Å². The molecule has 1 aromatic carbocycles. The van der Waals surface area contributed by atoms with Gasteiger partial charge >= 0.3 is 0 Å². The van der Waals surface area contributed by atoms with Gasteiger partial charge in [0, 0.05) is 16.7 Å². The lowest BCUT2D eigenvalue weighted by atomic mass is 10.3. The summed E-state index contributed by atoms with van der Waals surface area (Å²) < 4.78 is 2.97. The lowest BCUT2D eigenvalue weighted by Gasteiger charge is -2.08. The van der Waals surface area contributed by atoms with Crippen LogP contribution in [0.15, 0.2) is 34.9 Å². The molecule has 0 saturated carbocycles. The maximum Gasteiger partial charge on any atom is 0.0814 e. The van der Waals surface area contributed by atoms with Crippen molar-refractivity contribution >= 4 is 33.2 Å². The number of hydrogen-bond acceptors (Lipinski definition) is 2. The van der Waals surface area contributed by atoms with Crippen LogP contribution in [-0.4, -0.2) is 16.3 Å². The molecule has 17 heavy (non-hydrogen) atoms.